The van der Waals surface area contributed by atoms with Crippen LogP contribution in [-0.2, 0) is 25.9 Å². The molecular formula is C20H20N6S2. The van der Waals surface area contributed by atoms with Crippen LogP contribution in [0.3, 0.4) is 0 Å². The first-order valence-electron chi connectivity index (χ1n) is 9.06. The van der Waals surface area contributed by atoms with E-state index in [1.165, 1.54) is 11.1 Å². The summed E-state index contributed by atoms with van der Waals surface area (Å²) in [5.74, 6) is 0. The second-order valence-electron chi connectivity index (χ2n) is 6.25. The largest absolute Gasteiger partial charge is 0.308 e. The molecule has 0 aliphatic heterocycles. The maximum absolute atomic E-state index is 4.25. The van der Waals surface area contributed by atoms with E-state index in [-0.39, 0.29) is 0 Å². The molecule has 2 heterocycles. The molecule has 0 unspecified atom stereocenters. The molecule has 2 aromatic heterocycles. The molecule has 142 valence electrons. The molecule has 0 radical (unpaired) electrons. The van der Waals surface area contributed by atoms with Crippen LogP contribution in [-0.4, -0.2) is 29.5 Å². The van der Waals surface area contributed by atoms with Crippen molar-refractivity contribution in [3.8, 4) is 0 Å². The number of hydrogen-bond acceptors (Lipinski definition) is 6. The maximum atomic E-state index is 4.25. The summed E-state index contributed by atoms with van der Waals surface area (Å²) >= 11 is 0. The highest BCUT2D eigenvalue weighted by atomic mass is 33.1. The predicted octanol–water partition coefficient (Wildman–Crippen LogP) is 4.15. The first-order valence-corrected chi connectivity index (χ1v) is 11.2. The van der Waals surface area contributed by atoms with Crippen LogP contribution in [0.5, 0.6) is 0 Å². The fourth-order valence-corrected chi connectivity index (χ4v) is 4.79. The number of hydrogen-bond donors (Lipinski definition) is 0. The van der Waals surface area contributed by atoms with Gasteiger partial charge in [0.05, 0.1) is 0 Å². The van der Waals surface area contributed by atoms with Crippen molar-refractivity contribution < 1.29 is 0 Å². The number of nitrogens with zero attached hydrogens (tertiary/aromatic N) is 6. The van der Waals surface area contributed by atoms with E-state index in [1.54, 1.807) is 34.2 Å². The van der Waals surface area contributed by atoms with Crippen molar-refractivity contribution in [3.05, 3.63) is 84.4 Å². The molecule has 0 aliphatic carbocycles. The van der Waals surface area contributed by atoms with Crippen molar-refractivity contribution in [2.45, 2.75) is 36.2 Å². The van der Waals surface area contributed by atoms with Crippen molar-refractivity contribution in [1.29, 1.82) is 0 Å². The Morgan fingerprint density at radius 3 is 1.46 bits per heavy atom. The molecule has 0 bridgehead atoms. The molecule has 8 heteroatoms. The molecule has 4 rings (SSSR count). The Morgan fingerprint density at radius 1 is 0.607 bits per heavy atom. The van der Waals surface area contributed by atoms with Crippen molar-refractivity contribution in [2.75, 3.05) is 0 Å². The smallest absolute Gasteiger partial charge is 0.202 e. The van der Waals surface area contributed by atoms with Crippen molar-refractivity contribution in [3.63, 3.8) is 0 Å². The van der Waals surface area contributed by atoms with Crippen molar-refractivity contribution in [1.82, 2.24) is 29.5 Å². The molecule has 0 atom stereocenters. The van der Waals surface area contributed by atoms with Crippen LogP contribution in [0.2, 0.25) is 0 Å². The number of aryl methyl sites for hydroxylation is 4. The van der Waals surface area contributed by atoms with Gasteiger partial charge < -0.3 is 9.13 Å². The van der Waals surface area contributed by atoms with Crippen molar-refractivity contribution in [2.24, 2.45) is 0 Å². The minimum Gasteiger partial charge on any atom is -0.308 e. The Labute approximate surface area is 171 Å². The van der Waals surface area contributed by atoms with Gasteiger partial charge in [-0.25, -0.2) is 0 Å². The average Bonchev–Trinajstić information content (AvgIpc) is 3.39. The third kappa shape index (κ3) is 5.02. The maximum Gasteiger partial charge on any atom is 0.202 e. The van der Waals surface area contributed by atoms with Gasteiger partial charge in [0.2, 0.25) is 10.3 Å². The van der Waals surface area contributed by atoms with E-state index >= 15 is 0 Å². The summed E-state index contributed by atoms with van der Waals surface area (Å²) in [6.07, 6.45) is 5.46. The number of benzene rings is 2. The summed E-state index contributed by atoms with van der Waals surface area (Å²) in [5, 5.41) is 18.4. The second-order valence-corrected chi connectivity index (χ2v) is 8.32. The second kappa shape index (κ2) is 9.57. The van der Waals surface area contributed by atoms with Crippen molar-refractivity contribution >= 4 is 21.6 Å². The quantitative estimate of drug-likeness (QED) is 0.388. The van der Waals surface area contributed by atoms with Gasteiger partial charge in [0.1, 0.15) is 12.7 Å². The lowest BCUT2D eigenvalue weighted by Crippen LogP contribution is -2.02. The molecule has 2 aromatic carbocycles. The fraction of sp³-hybridized carbons (Fsp3) is 0.200. The Kier molecular flexibility index (Phi) is 6.41. The Morgan fingerprint density at radius 2 is 1.04 bits per heavy atom. The van der Waals surface area contributed by atoms with Gasteiger partial charge in [-0.15, -0.1) is 20.4 Å². The van der Waals surface area contributed by atoms with Crippen LogP contribution in [0, 0.1) is 0 Å². The van der Waals surface area contributed by atoms with Gasteiger partial charge in [0.25, 0.3) is 0 Å². The lowest BCUT2D eigenvalue weighted by molar-refractivity contribution is 0.632. The first-order chi connectivity index (χ1) is 13.9. The van der Waals surface area contributed by atoms with Gasteiger partial charge >= 0.3 is 0 Å². The SMILES string of the molecule is c1ccc(CCn2cnnc2SSc2nncn2CCc2ccccc2)cc1. The van der Waals surface area contributed by atoms with Crippen LogP contribution >= 0.6 is 21.6 Å². The molecule has 0 fully saturated rings. The molecule has 0 spiro atoms. The predicted molar refractivity (Wildman–Crippen MR) is 112 cm³/mol. The van der Waals surface area contributed by atoms with Crippen LogP contribution in [0.1, 0.15) is 11.1 Å². The van der Waals surface area contributed by atoms with E-state index in [1.807, 2.05) is 12.1 Å². The minimum atomic E-state index is 0.848. The van der Waals surface area contributed by atoms with E-state index < -0.39 is 0 Å². The van der Waals surface area contributed by atoms with Gasteiger partial charge in [-0.3, -0.25) is 0 Å². The zero-order valence-electron chi connectivity index (χ0n) is 15.3. The average molecular weight is 409 g/mol. The molecule has 0 saturated carbocycles. The molecule has 4 aromatic rings. The van der Waals surface area contributed by atoms with Gasteiger partial charge in [0, 0.05) is 13.1 Å². The normalized spacial score (nSPS) is 11.0. The summed E-state index contributed by atoms with van der Waals surface area (Å²) in [6, 6.07) is 20.9. The monoisotopic (exact) mass is 408 g/mol. The highest BCUT2D eigenvalue weighted by molar-refractivity contribution is 8.76. The molecule has 28 heavy (non-hydrogen) atoms. The number of rotatable bonds is 9. The van der Waals surface area contributed by atoms with E-state index in [9.17, 15) is 0 Å². The van der Waals surface area contributed by atoms with E-state index in [4.69, 9.17) is 0 Å². The van der Waals surface area contributed by atoms with Gasteiger partial charge in [-0.05, 0) is 45.6 Å². The van der Waals surface area contributed by atoms with Crippen LogP contribution < -0.4 is 0 Å². The lowest BCUT2D eigenvalue weighted by Gasteiger charge is -2.07. The number of aromatic nitrogens is 6. The van der Waals surface area contributed by atoms with Gasteiger partial charge in [0.15, 0.2) is 0 Å². The molecule has 0 amide bonds. The van der Waals surface area contributed by atoms with Crippen LogP contribution in [0.25, 0.3) is 0 Å². The van der Waals surface area contributed by atoms with Crippen LogP contribution in [0.4, 0.5) is 0 Å². The third-order valence-corrected chi connectivity index (χ3v) is 6.48. The van der Waals surface area contributed by atoms with Crippen LogP contribution in [0.15, 0.2) is 83.6 Å². The van der Waals surface area contributed by atoms with E-state index in [0.717, 1.165) is 36.2 Å². The van der Waals surface area contributed by atoms with Gasteiger partial charge in [-0.1, -0.05) is 60.7 Å². The summed E-state index contributed by atoms with van der Waals surface area (Å²) in [5.41, 5.74) is 2.61. The topological polar surface area (TPSA) is 61.4 Å². The van der Waals surface area contributed by atoms with E-state index in [2.05, 4.69) is 78.1 Å². The molecule has 0 saturated heterocycles. The highest BCUT2D eigenvalue weighted by Gasteiger charge is 2.11. The lowest BCUT2D eigenvalue weighted by atomic mass is 10.1. The first kappa shape index (κ1) is 18.8. The zero-order valence-corrected chi connectivity index (χ0v) is 16.9. The Bertz CT molecular complexity index is 902. The highest BCUT2D eigenvalue weighted by Crippen LogP contribution is 2.34. The molecule has 6 nitrogen and oxygen atoms in total. The third-order valence-electron chi connectivity index (χ3n) is 4.32. The fourth-order valence-electron chi connectivity index (χ4n) is 2.79. The Balaban J connectivity index is 1.33. The standard InChI is InChI=1S/C20H20N6S2/c1-3-7-17(8-4-1)11-13-25-15-21-23-19(25)27-28-20-24-22-16-26(20)14-12-18-9-5-2-6-10-18/h1-10,15-16H,11-14H2. The summed E-state index contributed by atoms with van der Waals surface area (Å²) in [7, 11) is 3.13. The van der Waals surface area contributed by atoms with E-state index in [0.29, 0.717) is 0 Å². The summed E-state index contributed by atoms with van der Waals surface area (Å²) in [6.45, 7) is 1.70. The Hall–Kier alpha value is -2.58. The summed E-state index contributed by atoms with van der Waals surface area (Å²) in [4.78, 5) is 0. The minimum absolute atomic E-state index is 0.848. The molecular weight excluding hydrogens is 388 g/mol. The molecule has 0 N–H and O–H groups in total. The zero-order chi connectivity index (χ0) is 19.0. The van der Waals surface area contributed by atoms with Gasteiger partial charge in [-0.2, -0.15) is 0 Å². The molecule has 0 aliphatic rings. The summed E-state index contributed by atoms with van der Waals surface area (Å²) < 4.78 is 4.16.